The maximum absolute atomic E-state index is 6.10. The Morgan fingerprint density at radius 3 is 2.62 bits per heavy atom. The zero-order chi connectivity index (χ0) is 9.64. The second kappa shape index (κ2) is 2.82. The minimum atomic E-state index is -0.0913. The highest BCUT2D eigenvalue weighted by Gasteiger charge is 2.43. The van der Waals surface area contributed by atoms with Crippen LogP contribution in [-0.2, 0) is 5.54 Å². The molecule has 2 rings (SSSR count). The maximum atomic E-state index is 6.10. The highest BCUT2D eigenvalue weighted by Crippen LogP contribution is 2.45. The molecule has 0 radical (unpaired) electrons. The lowest BCUT2D eigenvalue weighted by Gasteiger charge is -2.10. The summed E-state index contributed by atoms with van der Waals surface area (Å²) in [5.41, 5.74) is 7.16. The molecule has 0 atom stereocenters. The van der Waals surface area contributed by atoms with Crippen LogP contribution in [0, 0.1) is 0 Å². The van der Waals surface area contributed by atoms with Gasteiger partial charge in [0.15, 0.2) is 0 Å². The van der Waals surface area contributed by atoms with Gasteiger partial charge >= 0.3 is 0 Å². The fourth-order valence-corrected chi connectivity index (χ4v) is 2.44. The number of hydrogen-bond acceptors (Lipinski definition) is 2. The van der Waals surface area contributed by atoms with E-state index in [1.165, 1.54) is 0 Å². The summed E-state index contributed by atoms with van der Waals surface area (Å²) in [5, 5.41) is 4.31. The van der Waals surface area contributed by atoms with E-state index in [-0.39, 0.29) is 5.54 Å². The minimum Gasteiger partial charge on any atom is -0.321 e. The Labute approximate surface area is 86.4 Å². The number of aromatic nitrogens is 2. The van der Waals surface area contributed by atoms with Crippen molar-refractivity contribution in [2.75, 3.05) is 0 Å². The summed E-state index contributed by atoms with van der Waals surface area (Å²) in [5.74, 6) is 0. The topological polar surface area (TPSA) is 43.8 Å². The van der Waals surface area contributed by atoms with E-state index in [1.807, 2.05) is 10.9 Å². The molecule has 0 aliphatic heterocycles. The largest absolute Gasteiger partial charge is 0.321 e. The SMILES string of the molecule is CC(C)n1ncc(C2(N)CC2)c1Br. The van der Waals surface area contributed by atoms with E-state index in [0.717, 1.165) is 23.0 Å². The van der Waals surface area contributed by atoms with Crippen LogP contribution in [0.15, 0.2) is 10.8 Å². The molecule has 1 aliphatic carbocycles. The molecule has 72 valence electrons. The van der Waals surface area contributed by atoms with E-state index in [9.17, 15) is 0 Å². The molecule has 3 nitrogen and oxygen atoms in total. The Kier molecular flexibility index (Phi) is 2.00. The Bertz CT molecular complexity index is 326. The summed E-state index contributed by atoms with van der Waals surface area (Å²) in [4.78, 5) is 0. The number of halogens is 1. The van der Waals surface area contributed by atoms with Crippen molar-refractivity contribution in [3.8, 4) is 0 Å². The van der Waals surface area contributed by atoms with E-state index < -0.39 is 0 Å². The van der Waals surface area contributed by atoms with Gasteiger partial charge in [0.1, 0.15) is 4.60 Å². The smallest absolute Gasteiger partial charge is 0.109 e. The first-order valence-corrected chi connectivity index (χ1v) is 5.36. The number of hydrogen-bond donors (Lipinski definition) is 1. The van der Waals surface area contributed by atoms with Gasteiger partial charge in [0, 0.05) is 17.1 Å². The monoisotopic (exact) mass is 243 g/mol. The van der Waals surface area contributed by atoms with Crippen LogP contribution < -0.4 is 5.73 Å². The summed E-state index contributed by atoms with van der Waals surface area (Å²) >= 11 is 3.55. The third kappa shape index (κ3) is 1.42. The lowest BCUT2D eigenvalue weighted by molar-refractivity contribution is 0.520. The molecule has 1 heterocycles. The predicted molar refractivity (Wildman–Crippen MR) is 55.4 cm³/mol. The summed E-state index contributed by atoms with van der Waals surface area (Å²) < 4.78 is 3.00. The first-order valence-electron chi connectivity index (χ1n) is 4.57. The van der Waals surface area contributed by atoms with Gasteiger partial charge in [-0.15, -0.1) is 0 Å². The van der Waals surface area contributed by atoms with Crippen molar-refractivity contribution >= 4 is 15.9 Å². The third-order valence-electron chi connectivity index (χ3n) is 2.55. The molecule has 1 aliphatic rings. The Balaban J connectivity index is 2.39. The zero-order valence-corrected chi connectivity index (χ0v) is 9.50. The molecule has 4 heteroatoms. The van der Waals surface area contributed by atoms with Gasteiger partial charge < -0.3 is 5.73 Å². The molecule has 13 heavy (non-hydrogen) atoms. The Morgan fingerprint density at radius 2 is 2.23 bits per heavy atom. The van der Waals surface area contributed by atoms with Crippen LogP contribution in [0.3, 0.4) is 0 Å². The van der Waals surface area contributed by atoms with Gasteiger partial charge in [-0.05, 0) is 42.6 Å². The summed E-state index contributed by atoms with van der Waals surface area (Å²) in [6.45, 7) is 4.22. The molecule has 1 aromatic heterocycles. The predicted octanol–water partition coefficient (Wildman–Crippen LogP) is 2.17. The molecule has 1 fully saturated rings. The van der Waals surface area contributed by atoms with Crippen molar-refractivity contribution in [1.29, 1.82) is 0 Å². The van der Waals surface area contributed by atoms with E-state index in [1.54, 1.807) is 0 Å². The molecule has 1 aromatic rings. The normalized spacial score (nSPS) is 19.5. The van der Waals surface area contributed by atoms with Gasteiger partial charge in [-0.2, -0.15) is 5.10 Å². The fraction of sp³-hybridized carbons (Fsp3) is 0.667. The molecule has 0 bridgehead atoms. The average Bonchev–Trinajstić information content (AvgIpc) is 2.63. The highest BCUT2D eigenvalue weighted by atomic mass is 79.9. The first kappa shape index (κ1) is 9.21. The van der Waals surface area contributed by atoms with Crippen molar-refractivity contribution in [3.63, 3.8) is 0 Å². The molecule has 0 unspecified atom stereocenters. The van der Waals surface area contributed by atoms with Gasteiger partial charge in [0.2, 0.25) is 0 Å². The van der Waals surface area contributed by atoms with E-state index in [0.29, 0.717) is 6.04 Å². The van der Waals surface area contributed by atoms with Crippen LogP contribution >= 0.6 is 15.9 Å². The average molecular weight is 244 g/mol. The van der Waals surface area contributed by atoms with Gasteiger partial charge in [-0.3, -0.25) is 4.68 Å². The van der Waals surface area contributed by atoms with Crippen molar-refractivity contribution < 1.29 is 0 Å². The van der Waals surface area contributed by atoms with Crippen LogP contribution in [0.4, 0.5) is 0 Å². The Hall–Kier alpha value is -0.350. The van der Waals surface area contributed by atoms with Gasteiger partial charge in [0.25, 0.3) is 0 Å². The number of rotatable bonds is 2. The third-order valence-corrected chi connectivity index (χ3v) is 3.34. The molecular formula is C9H14BrN3. The van der Waals surface area contributed by atoms with Crippen molar-refractivity contribution in [2.45, 2.75) is 38.3 Å². The maximum Gasteiger partial charge on any atom is 0.109 e. The van der Waals surface area contributed by atoms with Gasteiger partial charge in [0.05, 0.1) is 6.20 Å². The fourth-order valence-electron chi connectivity index (χ4n) is 1.45. The zero-order valence-electron chi connectivity index (χ0n) is 7.92. The molecule has 2 N–H and O–H groups in total. The van der Waals surface area contributed by atoms with Crippen molar-refractivity contribution in [1.82, 2.24) is 9.78 Å². The second-order valence-electron chi connectivity index (χ2n) is 4.04. The van der Waals surface area contributed by atoms with Crippen LogP contribution in [0.1, 0.15) is 38.3 Å². The molecule has 0 amide bonds. The van der Waals surface area contributed by atoms with E-state index >= 15 is 0 Å². The van der Waals surface area contributed by atoms with Gasteiger partial charge in [-0.1, -0.05) is 0 Å². The number of nitrogens with two attached hydrogens (primary N) is 1. The minimum absolute atomic E-state index is 0.0913. The summed E-state index contributed by atoms with van der Waals surface area (Å²) in [7, 11) is 0. The van der Waals surface area contributed by atoms with Crippen LogP contribution in [-0.4, -0.2) is 9.78 Å². The van der Waals surface area contributed by atoms with Crippen LogP contribution in [0.2, 0.25) is 0 Å². The molecule has 0 saturated heterocycles. The van der Waals surface area contributed by atoms with Crippen molar-refractivity contribution in [3.05, 3.63) is 16.4 Å². The number of nitrogens with zero attached hydrogens (tertiary/aromatic N) is 2. The lowest BCUT2D eigenvalue weighted by Crippen LogP contribution is -2.18. The molecule has 1 saturated carbocycles. The summed E-state index contributed by atoms with van der Waals surface area (Å²) in [6, 6.07) is 0.380. The molecule has 0 aromatic carbocycles. The highest BCUT2D eigenvalue weighted by molar-refractivity contribution is 9.10. The standard InChI is InChI=1S/C9H14BrN3/c1-6(2)13-8(10)7(5-12-13)9(11)3-4-9/h5-6H,3-4,11H2,1-2H3. The van der Waals surface area contributed by atoms with E-state index in [4.69, 9.17) is 5.73 Å². The van der Waals surface area contributed by atoms with E-state index in [2.05, 4.69) is 34.9 Å². The first-order chi connectivity index (χ1) is 6.04. The summed E-state index contributed by atoms with van der Waals surface area (Å²) in [6.07, 6.45) is 4.04. The Morgan fingerprint density at radius 1 is 1.62 bits per heavy atom. The molecule has 0 spiro atoms. The van der Waals surface area contributed by atoms with Crippen molar-refractivity contribution in [2.24, 2.45) is 5.73 Å². The van der Waals surface area contributed by atoms with Gasteiger partial charge in [-0.25, -0.2) is 0 Å². The lowest BCUT2D eigenvalue weighted by atomic mass is 10.1. The molecular weight excluding hydrogens is 230 g/mol. The van der Waals surface area contributed by atoms with Crippen LogP contribution in [0.25, 0.3) is 0 Å². The second-order valence-corrected chi connectivity index (χ2v) is 4.79. The van der Waals surface area contributed by atoms with Crippen LogP contribution in [0.5, 0.6) is 0 Å². The quantitative estimate of drug-likeness (QED) is 0.866.